The van der Waals surface area contributed by atoms with Gasteiger partial charge in [-0.3, -0.25) is 0 Å². The Kier molecular flexibility index (Phi) is 11.8. The average Bonchev–Trinajstić information content (AvgIpc) is 3.72. The van der Waals surface area contributed by atoms with Gasteiger partial charge in [0.15, 0.2) is 0 Å². The highest BCUT2D eigenvalue weighted by Crippen LogP contribution is 2.19. The van der Waals surface area contributed by atoms with Crippen LogP contribution < -0.4 is 9.47 Å². The predicted molar refractivity (Wildman–Crippen MR) is 140 cm³/mol. The van der Waals surface area contributed by atoms with E-state index in [4.69, 9.17) is 18.9 Å². The van der Waals surface area contributed by atoms with Crippen molar-refractivity contribution in [3.05, 3.63) is 59.7 Å². The van der Waals surface area contributed by atoms with Crippen molar-refractivity contribution >= 4 is 11.9 Å². The number of esters is 2. The number of rotatable bonds is 17. The van der Waals surface area contributed by atoms with Crippen LogP contribution in [0.25, 0.3) is 0 Å². The third-order valence-corrected chi connectivity index (χ3v) is 6.52. The van der Waals surface area contributed by atoms with E-state index >= 15 is 0 Å². The Labute approximate surface area is 215 Å². The summed E-state index contributed by atoms with van der Waals surface area (Å²) in [6, 6.07) is 13.4. The lowest BCUT2D eigenvalue weighted by Crippen LogP contribution is -2.10. The van der Waals surface area contributed by atoms with E-state index in [-0.39, 0.29) is 5.97 Å². The molecule has 2 aromatic carbocycles. The highest BCUT2D eigenvalue weighted by molar-refractivity contribution is 5.92. The molecule has 1 aliphatic heterocycles. The van der Waals surface area contributed by atoms with E-state index in [0.29, 0.717) is 42.1 Å². The van der Waals surface area contributed by atoms with Gasteiger partial charge in [-0.1, -0.05) is 52.4 Å². The lowest BCUT2D eigenvalue weighted by Gasteiger charge is -2.10. The molecule has 6 heteroatoms. The molecule has 0 bridgehead atoms. The van der Waals surface area contributed by atoms with Crippen molar-refractivity contribution in [3.63, 3.8) is 0 Å². The topological polar surface area (TPSA) is 74.4 Å². The van der Waals surface area contributed by atoms with E-state index in [1.54, 1.807) is 48.5 Å². The van der Waals surface area contributed by atoms with Gasteiger partial charge in [-0.25, -0.2) is 9.59 Å². The maximum Gasteiger partial charge on any atom is 0.343 e. The van der Waals surface area contributed by atoms with Gasteiger partial charge in [0, 0.05) is 0 Å². The third kappa shape index (κ3) is 10.4. The van der Waals surface area contributed by atoms with Crippen molar-refractivity contribution in [1.29, 1.82) is 0 Å². The summed E-state index contributed by atoms with van der Waals surface area (Å²) < 4.78 is 21.8. The first-order chi connectivity index (χ1) is 17.5. The maximum absolute atomic E-state index is 12.5. The number of carbonyl (C=O) groups is 2. The summed E-state index contributed by atoms with van der Waals surface area (Å²) in [7, 11) is 0. The van der Waals surface area contributed by atoms with Crippen molar-refractivity contribution in [3.8, 4) is 11.5 Å². The average molecular weight is 497 g/mol. The third-order valence-electron chi connectivity index (χ3n) is 6.52. The van der Waals surface area contributed by atoms with Crippen molar-refractivity contribution in [2.75, 3.05) is 19.8 Å². The molecule has 36 heavy (non-hydrogen) atoms. The van der Waals surface area contributed by atoms with Crippen LogP contribution in [0.15, 0.2) is 48.5 Å². The quantitative estimate of drug-likeness (QED) is 0.102. The van der Waals surface area contributed by atoms with Crippen molar-refractivity contribution < 1.29 is 28.5 Å². The second-order valence-electron chi connectivity index (χ2n) is 9.59. The number of hydrogen-bond acceptors (Lipinski definition) is 6. The second kappa shape index (κ2) is 15.3. The monoisotopic (exact) mass is 496 g/mol. The molecule has 1 fully saturated rings. The molecule has 6 nitrogen and oxygen atoms in total. The maximum atomic E-state index is 12.5. The minimum atomic E-state index is -0.460. The van der Waals surface area contributed by atoms with Crippen molar-refractivity contribution in [2.24, 2.45) is 5.92 Å². The van der Waals surface area contributed by atoms with Crippen molar-refractivity contribution in [1.82, 2.24) is 0 Å². The molecule has 0 saturated carbocycles. The van der Waals surface area contributed by atoms with Gasteiger partial charge < -0.3 is 18.9 Å². The molecule has 2 atom stereocenters. The minimum absolute atomic E-state index is 0.369. The molecule has 3 rings (SSSR count). The molecule has 0 spiro atoms. The fourth-order valence-electron chi connectivity index (χ4n) is 3.76. The molecule has 1 unspecified atom stereocenters. The van der Waals surface area contributed by atoms with E-state index < -0.39 is 5.97 Å². The zero-order valence-corrected chi connectivity index (χ0v) is 21.7. The van der Waals surface area contributed by atoms with Crippen LogP contribution in [0.4, 0.5) is 0 Å². The second-order valence-corrected chi connectivity index (χ2v) is 9.59. The number of carbonyl (C=O) groups excluding carboxylic acids is 2. The summed E-state index contributed by atoms with van der Waals surface area (Å²) in [5.41, 5.74) is 0.872. The van der Waals surface area contributed by atoms with Crippen LogP contribution in [0.5, 0.6) is 11.5 Å². The summed E-state index contributed by atoms with van der Waals surface area (Å²) in [6.45, 7) is 6.29. The van der Waals surface area contributed by atoms with E-state index in [1.807, 2.05) is 0 Å². The van der Waals surface area contributed by atoms with Crippen molar-refractivity contribution in [2.45, 2.75) is 77.7 Å². The molecule has 196 valence electrons. The summed E-state index contributed by atoms with van der Waals surface area (Å²) in [5.74, 6) is 0.812. The summed E-state index contributed by atoms with van der Waals surface area (Å²) >= 11 is 0. The standard InChI is InChI=1S/C30H40O6/c1-3-23(2)19-21-34-29(31)24-13-17-27(18-14-24)36-30(32)25-11-15-26(16-12-25)33-20-9-7-5-4-6-8-10-28-22-35-28/h11-18,23,28H,3-10,19-22H2,1-2H3/t23-,28?/m0/s1. The molecule has 2 aromatic rings. The SMILES string of the molecule is CC[C@H](C)CCOC(=O)c1ccc(OC(=O)c2ccc(OCCCCCCCCC3CO3)cc2)cc1. The van der Waals surface area contributed by atoms with E-state index in [2.05, 4.69) is 13.8 Å². The van der Waals surface area contributed by atoms with Gasteiger partial charge in [0.25, 0.3) is 0 Å². The highest BCUT2D eigenvalue weighted by Gasteiger charge is 2.20. The first kappa shape index (κ1) is 27.7. The molecular formula is C30H40O6. The fraction of sp³-hybridized carbons (Fsp3) is 0.533. The lowest BCUT2D eigenvalue weighted by molar-refractivity contribution is 0.0484. The first-order valence-corrected chi connectivity index (χ1v) is 13.4. The van der Waals surface area contributed by atoms with Crippen LogP contribution in [-0.2, 0) is 9.47 Å². The lowest BCUT2D eigenvalue weighted by atomic mass is 10.1. The van der Waals surface area contributed by atoms with Gasteiger partial charge in [-0.2, -0.15) is 0 Å². The normalized spacial score (nSPS) is 15.2. The largest absolute Gasteiger partial charge is 0.494 e. The molecule has 1 aliphatic rings. The fourth-order valence-corrected chi connectivity index (χ4v) is 3.76. The summed E-state index contributed by atoms with van der Waals surface area (Å²) in [4.78, 5) is 24.6. The smallest absolute Gasteiger partial charge is 0.343 e. The Hall–Kier alpha value is -2.86. The van der Waals surface area contributed by atoms with Crippen LogP contribution >= 0.6 is 0 Å². The van der Waals surface area contributed by atoms with Gasteiger partial charge >= 0.3 is 11.9 Å². The zero-order valence-electron chi connectivity index (χ0n) is 21.7. The Morgan fingerprint density at radius 1 is 0.833 bits per heavy atom. The Morgan fingerprint density at radius 2 is 1.42 bits per heavy atom. The molecule has 0 N–H and O–H groups in total. The molecular weight excluding hydrogens is 456 g/mol. The summed E-state index contributed by atoms with van der Waals surface area (Å²) in [6.07, 6.45) is 10.9. The van der Waals surface area contributed by atoms with E-state index in [9.17, 15) is 9.59 Å². The minimum Gasteiger partial charge on any atom is -0.494 e. The number of hydrogen-bond donors (Lipinski definition) is 0. The number of ether oxygens (including phenoxy) is 4. The molecule has 0 amide bonds. The van der Waals surface area contributed by atoms with E-state index in [0.717, 1.165) is 31.6 Å². The van der Waals surface area contributed by atoms with E-state index in [1.165, 1.54) is 38.5 Å². The summed E-state index contributed by atoms with van der Waals surface area (Å²) in [5, 5.41) is 0. The number of unbranched alkanes of at least 4 members (excludes halogenated alkanes) is 5. The zero-order chi connectivity index (χ0) is 25.6. The molecule has 1 saturated heterocycles. The van der Waals surface area contributed by atoms with Crippen LogP contribution in [0.1, 0.15) is 92.4 Å². The van der Waals surface area contributed by atoms with Crippen LogP contribution in [0, 0.1) is 5.92 Å². The van der Waals surface area contributed by atoms with Gasteiger partial charge in [0.2, 0.25) is 0 Å². The van der Waals surface area contributed by atoms with Gasteiger partial charge in [0.05, 0.1) is 37.1 Å². The highest BCUT2D eigenvalue weighted by atomic mass is 16.6. The Bertz CT molecular complexity index is 917. The van der Waals surface area contributed by atoms with Gasteiger partial charge in [-0.15, -0.1) is 0 Å². The molecule has 0 aromatic heterocycles. The van der Waals surface area contributed by atoms with Crippen LogP contribution in [0.3, 0.4) is 0 Å². The van der Waals surface area contributed by atoms with Crippen LogP contribution in [-0.4, -0.2) is 37.9 Å². The molecule has 1 heterocycles. The molecule has 0 aliphatic carbocycles. The number of benzene rings is 2. The first-order valence-electron chi connectivity index (χ1n) is 13.4. The Balaban J connectivity index is 1.31. The predicted octanol–water partition coefficient (Wildman–Crippen LogP) is 7.01. The van der Waals surface area contributed by atoms with Gasteiger partial charge in [0.1, 0.15) is 11.5 Å². The number of epoxide rings is 1. The Morgan fingerprint density at radius 3 is 2.06 bits per heavy atom. The molecule has 0 radical (unpaired) electrons. The van der Waals surface area contributed by atoms with Crippen LogP contribution in [0.2, 0.25) is 0 Å². The van der Waals surface area contributed by atoms with Gasteiger partial charge in [-0.05, 0) is 73.7 Å².